The number of nitrogens with zero attached hydrogens (tertiary/aromatic N) is 2. The minimum absolute atomic E-state index is 0.208. The Hall–Kier alpha value is -2.23. The molecule has 0 saturated carbocycles. The second kappa shape index (κ2) is 5.65. The van der Waals surface area contributed by atoms with E-state index >= 15 is 0 Å². The van der Waals surface area contributed by atoms with Crippen LogP contribution in [0.1, 0.15) is 23.5 Å². The number of urea groups is 1. The first-order chi connectivity index (χ1) is 11.5. The number of halogens is 6. The quantitative estimate of drug-likeness (QED) is 0.615. The second-order valence-corrected chi connectivity index (χ2v) is 5.73. The van der Waals surface area contributed by atoms with Crippen molar-refractivity contribution in [2.24, 2.45) is 15.9 Å². The average molecular weight is 364 g/mol. The maximum Gasteiger partial charge on any atom is 0.418 e. The number of carbonyl (C=O) groups excluding carboxylic acids is 1. The first-order valence-corrected chi connectivity index (χ1v) is 7.13. The van der Waals surface area contributed by atoms with Gasteiger partial charge in [-0.15, -0.1) is 0 Å². The Morgan fingerprint density at radius 3 is 2.36 bits per heavy atom. The van der Waals surface area contributed by atoms with Crippen molar-refractivity contribution in [2.45, 2.75) is 30.8 Å². The number of rotatable bonds is 1. The number of aliphatic hydroxyl groups is 1. The molecule has 0 radical (unpaired) electrons. The van der Waals surface area contributed by atoms with E-state index < -0.39 is 52.8 Å². The highest BCUT2D eigenvalue weighted by atomic mass is 19.4. The minimum Gasteiger partial charge on any atom is -0.392 e. The van der Waals surface area contributed by atoms with Gasteiger partial charge in [0.1, 0.15) is 5.36 Å². The number of amides is 2. The van der Waals surface area contributed by atoms with Gasteiger partial charge in [0.15, 0.2) is 0 Å². The van der Waals surface area contributed by atoms with Gasteiger partial charge in [-0.1, -0.05) is 18.2 Å². The molecule has 3 atom stereocenters. The van der Waals surface area contributed by atoms with Gasteiger partial charge in [0.2, 0.25) is 0 Å². The molecule has 0 bridgehead atoms. The third-order valence-corrected chi connectivity index (χ3v) is 4.19. The van der Waals surface area contributed by atoms with E-state index in [0.29, 0.717) is 0 Å². The molecule has 0 spiro atoms. The van der Waals surface area contributed by atoms with E-state index in [0.717, 1.165) is 24.3 Å². The molecular weight excluding hydrogens is 354 g/mol. The molecule has 1 aliphatic carbocycles. The summed E-state index contributed by atoms with van der Waals surface area (Å²) in [5.41, 5.74) is -1.87. The highest BCUT2D eigenvalue weighted by Crippen LogP contribution is 2.43. The van der Waals surface area contributed by atoms with Crippen LogP contribution in [0.15, 0.2) is 34.3 Å². The van der Waals surface area contributed by atoms with Crippen LogP contribution in [0.25, 0.3) is 0 Å². The molecule has 0 aromatic heterocycles. The van der Waals surface area contributed by atoms with Crippen molar-refractivity contribution in [1.82, 2.24) is 0 Å². The third-order valence-electron chi connectivity index (χ3n) is 4.19. The van der Waals surface area contributed by atoms with E-state index in [1.54, 1.807) is 0 Å². The van der Waals surface area contributed by atoms with Gasteiger partial charge in [0, 0.05) is 5.92 Å². The fourth-order valence-corrected chi connectivity index (χ4v) is 3.12. The Morgan fingerprint density at radius 2 is 1.76 bits per heavy atom. The average Bonchev–Trinajstić information content (AvgIpc) is 2.84. The molecule has 1 aromatic carbocycles. The van der Waals surface area contributed by atoms with Crippen LogP contribution >= 0.6 is 0 Å². The van der Waals surface area contributed by atoms with Gasteiger partial charge in [-0.25, -0.2) is 4.79 Å². The predicted octanol–water partition coefficient (Wildman–Crippen LogP) is 2.66. The standard InChI is InChI=1S/C15H10F6N2O2/c16-14(17,18)8-3-1-2-7(12(8)24)6-4-5-9-11(23-13(25)22-9)10(6)15(19,20)21/h1,3-5,7-8,12,24H,2H2. The zero-order valence-corrected chi connectivity index (χ0v) is 12.3. The normalized spacial score (nSPS) is 26.2. The lowest BCUT2D eigenvalue weighted by molar-refractivity contribution is -0.189. The zero-order chi connectivity index (χ0) is 18.6. The number of fused-ring (bicyclic) bond motifs is 1. The van der Waals surface area contributed by atoms with Crippen molar-refractivity contribution in [2.75, 3.05) is 0 Å². The topological polar surface area (TPSA) is 62.0 Å². The molecule has 25 heavy (non-hydrogen) atoms. The van der Waals surface area contributed by atoms with Crippen LogP contribution in [-0.2, 0) is 6.18 Å². The molecule has 2 amide bonds. The maximum atomic E-state index is 13.5. The Kier molecular flexibility index (Phi) is 3.98. The van der Waals surface area contributed by atoms with Crippen molar-refractivity contribution in [3.05, 3.63) is 46.1 Å². The molecular formula is C15H10F6N2O2. The SMILES string of the molecule is O=C1N=c2ccc(C3CC=CC(C(F)(F)F)C3O)c(C(F)(F)F)c2=N1. The monoisotopic (exact) mass is 364 g/mol. The molecule has 3 rings (SSSR count). The molecule has 3 unspecified atom stereocenters. The van der Waals surface area contributed by atoms with E-state index in [2.05, 4.69) is 9.98 Å². The molecule has 134 valence electrons. The number of hydrogen-bond donors (Lipinski definition) is 1. The summed E-state index contributed by atoms with van der Waals surface area (Å²) in [7, 11) is 0. The smallest absolute Gasteiger partial charge is 0.392 e. The number of benzene rings is 1. The van der Waals surface area contributed by atoms with Gasteiger partial charge in [0.05, 0.1) is 22.9 Å². The molecule has 1 aromatic rings. The van der Waals surface area contributed by atoms with Crippen LogP contribution in [0.2, 0.25) is 0 Å². The summed E-state index contributed by atoms with van der Waals surface area (Å²) >= 11 is 0. The van der Waals surface area contributed by atoms with Gasteiger partial charge in [-0.3, -0.25) is 0 Å². The summed E-state index contributed by atoms with van der Waals surface area (Å²) in [6, 6.07) is 0.914. The summed E-state index contributed by atoms with van der Waals surface area (Å²) in [5.74, 6) is -3.71. The van der Waals surface area contributed by atoms with E-state index in [1.807, 2.05) is 0 Å². The van der Waals surface area contributed by atoms with Crippen LogP contribution in [-0.4, -0.2) is 23.4 Å². The Labute approximate surface area is 136 Å². The van der Waals surface area contributed by atoms with Crippen LogP contribution in [0.3, 0.4) is 0 Å². The van der Waals surface area contributed by atoms with Crippen LogP contribution in [0.5, 0.6) is 0 Å². The first-order valence-electron chi connectivity index (χ1n) is 7.13. The van der Waals surface area contributed by atoms with E-state index in [4.69, 9.17) is 0 Å². The van der Waals surface area contributed by atoms with Crippen molar-refractivity contribution < 1.29 is 36.2 Å². The molecule has 0 saturated heterocycles. The van der Waals surface area contributed by atoms with Crippen LogP contribution in [0.4, 0.5) is 31.1 Å². The molecule has 1 aliphatic heterocycles. The second-order valence-electron chi connectivity index (χ2n) is 5.73. The van der Waals surface area contributed by atoms with Gasteiger partial charge >= 0.3 is 18.4 Å². The predicted molar refractivity (Wildman–Crippen MR) is 71.2 cm³/mol. The molecule has 4 nitrogen and oxygen atoms in total. The number of hydrogen-bond acceptors (Lipinski definition) is 2. The van der Waals surface area contributed by atoms with Crippen molar-refractivity contribution in [3.63, 3.8) is 0 Å². The number of carbonyl (C=O) groups is 1. The third kappa shape index (κ3) is 3.06. The fourth-order valence-electron chi connectivity index (χ4n) is 3.12. The van der Waals surface area contributed by atoms with E-state index in [9.17, 15) is 36.2 Å². The summed E-state index contributed by atoms with van der Waals surface area (Å²) in [6.45, 7) is 0. The Morgan fingerprint density at radius 1 is 1.08 bits per heavy atom. The lowest BCUT2D eigenvalue weighted by atomic mass is 9.77. The summed E-state index contributed by atoms with van der Waals surface area (Å²) < 4.78 is 79.5. The van der Waals surface area contributed by atoms with Gasteiger partial charge < -0.3 is 5.11 Å². The maximum absolute atomic E-state index is 13.5. The number of allylic oxidation sites excluding steroid dienone is 1. The molecule has 0 fully saturated rings. The highest BCUT2D eigenvalue weighted by molar-refractivity contribution is 5.77. The highest BCUT2D eigenvalue weighted by Gasteiger charge is 2.48. The molecule has 10 heteroatoms. The lowest BCUT2D eigenvalue weighted by Gasteiger charge is -2.33. The zero-order valence-electron chi connectivity index (χ0n) is 12.3. The van der Waals surface area contributed by atoms with Crippen LogP contribution < -0.4 is 10.7 Å². The summed E-state index contributed by atoms with van der Waals surface area (Å²) in [4.78, 5) is 17.7. The molecule has 1 heterocycles. The first kappa shape index (κ1) is 17.6. The molecule has 2 aliphatic rings. The van der Waals surface area contributed by atoms with E-state index in [1.165, 1.54) is 0 Å². The Bertz CT molecular complexity index is 872. The fraction of sp³-hybridized carbons (Fsp3) is 0.400. The molecule has 1 N–H and O–H groups in total. The summed E-state index contributed by atoms with van der Waals surface area (Å²) in [5, 5.41) is 9.03. The number of alkyl halides is 6. The lowest BCUT2D eigenvalue weighted by Crippen LogP contribution is -2.41. The minimum atomic E-state index is -4.97. The van der Waals surface area contributed by atoms with Gasteiger partial charge in [0.25, 0.3) is 0 Å². The van der Waals surface area contributed by atoms with Crippen LogP contribution in [0, 0.1) is 5.92 Å². The largest absolute Gasteiger partial charge is 0.418 e. The summed E-state index contributed by atoms with van der Waals surface area (Å²) in [6.07, 6.45) is -10.2. The van der Waals surface area contributed by atoms with Crippen molar-refractivity contribution >= 4 is 6.03 Å². The van der Waals surface area contributed by atoms with Gasteiger partial charge in [-0.2, -0.15) is 36.3 Å². The van der Waals surface area contributed by atoms with Gasteiger partial charge in [-0.05, 0) is 18.1 Å². The van der Waals surface area contributed by atoms with Crippen molar-refractivity contribution in [3.8, 4) is 0 Å². The number of aliphatic hydroxyl groups excluding tert-OH is 1. The van der Waals surface area contributed by atoms with E-state index in [-0.39, 0.29) is 11.8 Å². The Balaban J connectivity index is 2.19. The van der Waals surface area contributed by atoms with Crippen molar-refractivity contribution in [1.29, 1.82) is 0 Å².